The summed E-state index contributed by atoms with van der Waals surface area (Å²) in [6.07, 6.45) is 4.78. The average Bonchev–Trinajstić information content (AvgIpc) is 3.53. The number of allylic oxidation sites excluding steroid dienone is 1. The third-order valence-electron chi connectivity index (χ3n) is 8.03. The van der Waals surface area contributed by atoms with Crippen molar-refractivity contribution < 1.29 is 125 Å². The van der Waals surface area contributed by atoms with Crippen LogP contribution in [0.15, 0.2) is 98.0 Å². The number of Topliss-reactive ketones (excluding diaryl/α,β-unsaturated/α-hetero) is 3. The monoisotopic (exact) mass is 942 g/mol. The van der Waals surface area contributed by atoms with E-state index in [9.17, 15) is 24.0 Å². The standard InChI is InChI=1S/3C11H14O2.C5H7NO2.C3H6.C2H5BO2.C2H3N.2C2H6.2Ar/c3*1-8(9(2)12)7-10-3-5-11(13)6-4-10;1-6-4(7)2-3-5(6)8;1-3-2;1-2-3(4)5;1-2-3;2*1-2;;/h3*3-6,8,13H,7H2,1-2H3;2-3H2,1H3;3H,1H2,2H3;2,4-5H,1H2;1H3;2*1-2H3;;. The second-order valence-electron chi connectivity index (χ2n) is 13.3. The SMILES string of the molecule is C=CB(O)O.C=CC.CC.CC.CC#N.CC(=O)C(C)Cc1ccc(O)cc1.CC(=O)C(C)Cc1ccc(O)cc1.CC(=O)C(C)Cc1ccc(O)cc1.CN1C(=O)CCC1=O.[Ar].[Ar]. The Morgan fingerprint density at radius 3 is 0.922 bits per heavy atom. The largest absolute Gasteiger partial charge is 0.508 e. The van der Waals surface area contributed by atoms with Crippen molar-refractivity contribution in [1.29, 1.82) is 5.26 Å². The number of nitriles is 1. The first-order valence-electron chi connectivity index (χ1n) is 20.6. The molecule has 12 nitrogen and oxygen atoms in total. The van der Waals surface area contributed by atoms with Crippen molar-refractivity contribution in [3.63, 3.8) is 0 Å². The minimum atomic E-state index is -1.35. The van der Waals surface area contributed by atoms with E-state index in [0.29, 0.717) is 12.8 Å². The number of aromatic hydroxyl groups is 3. The van der Waals surface area contributed by atoms with Gasteiger partial charge in [-0.25, -0.2) is 0 Å². The molecule has 0 radical (unpaired) electrons. The minimum absolute atomic E-state index is 0. The normalized spacial score (nSPS) is 11.2. The number of carbonyl (C=O) groups excluding carboxylic acids is 5. The average molecular weight is 943 g/mol. The number of benzene rings is 3. The van der Waals surface area contributed by atoms with Crippen molar-refractivity contribution in [3.05, 3.63) is 115 Å². The number of likely N-dealkylation sites (tertiary alicyclic amines) is 1. The molecule has 0 spiro atoms. The molecule has 0 aromatic heterocycles. The summed E-state index contributed by atoms with van der Waals surface area (Å²) in [6, 6.07) is 22.6. The molecule has 4 rings (SSSR count). The first-order valence-corrected chi connectivity index (χ1v) is 20.6. The summed E-state index contributed by atoms with van der Waals surface area (Å²) in [6.45, 7) is 28.3. The topological polar surface area (TPSA) is 214 Å². The van der Waals surface area contributed by atoms with Gasteiger partial charge in [-0.2, -0.15) is 5.26 Å². The third-order valence-corrected chi connectivity index (χ3v) is 8.03. The minimum Gasteiger partial charge on any atom is -0.508 e. The van der Waals surface area contributed by atoms with Gasteiger partial charge in [0.15, 0.2) is 0 Å². The fourth-order valence-corrected chi connectivity index (χ4v) is 4.08. The Morgan fingerprint density at radius 2 is 0.812 bits per heavy atom. The zero-order valence-corrected chi connectivity index (χ0v) is 41.6. The van der Waals surface area contributed by atoms with Gasteiger partial charge >= 0.3 is 7.12 Å². The molecule has 0 saturated carbocycles. The molecule has 1 aliphatic heterocycles. The maximum Gasteiger partial charge on any atom is 0.480 e. The van der Waals surface area contributed by atoms with E-state index in [4.69, 9.17) is 30.6 Å². The van der Waals surface area contributed by atoms with Gasteiger partial charge in [-0.15, -0.1) is 13.2 Å². The van der Waals surface area contributed by atoms with Crippen LogP contribution >= 0.6 is 0 Å². The van der Waals surface area contributed by atoms with Gasteiger partial charge in [0.25, 0.3) is 0 Å². The second-order valence-corrected chi connectivity index (χ2v) is 13.3. The molecule has 5 N–H and O–H groups in total. The van der Waals surface area contributed by atoms with E-state index >= 15 is 0 Å². The first-order chi connectivity index (χ1) is 29.1. The molecule has 0 bridgehead atoms. The van der Waals surface area contributed by atoms with Gasteiger partial charge in [-0.3, -0.25) is 28.9 Å². The molecule has 3 aromatic rings. The van der Waals surface area contributed by atoms with Crippen LogP contribution in [-0.2, 0) is 43.2 Å². The third kappa shape index (κ3) is 45.3. The number of ketones is 3. The van der Waals surface area contributed by atoms with Crippen molar-refractivity contribution in [2.75, 3.05) is 7.05 Å². The number of phenols is 3. The second kappa shape index (κ2) is 49.1. The van der Waals surface area contributed by atoms with Crippen LogP contribution in [0.2, 0.25) is 0 Å². The summed E-state index contributed by atoms with van der Waals surface area (Å²) in [5.74, 6) is 2.48. The molecule has 1 aliphatic rings. The van der Waals surface area contributed by atoms with Crippen LogP contribution in [0.25, 0.3) is 0 Å². The van der Waals surface area contributed by atoms with Crippen LogP contribution in [0.5, 0.6) is 17.2 Å². The van der Waals surface area contributed by atoms with Crippen molar-refractivity contribution in [3.8, 4) is 23.3 Å². The molecule has 360 valence electrons. The molecule has 0 aliphatic carbocycles. The summed E-state index contributed by atoms with van der Waals surface area (Å²) >= 11 is 0. The van der Waals surface area contributed by atoms with Crippen LogP contribution < -0.4 is 0 Å². The summed E-state index contributed by atoms with van der Waals surface area (Å²) in [7, 11) is 0.160. The Balaban J connectivity index is -0.000000122. The Hall–Kier alpha value is -3.32. The van der Waals surface area contributed by atoms with Crippen LogP contribution in [0.1, 0.15) is 113 Å². The van der Waals surface area contributed by atoms with Gasteiger partial charge in [0.05, 0.1) is 6.07 Å². The smallest absolute Gasteiger partial charge is 0.480 e. The van der Waals surface area contributed by atoms with Crippen LogP contribution in [-0.4, -0.2) is 73.6 Å². The molecule has 1 fully saturated rings. The summed E-state index contributed by atoms with van der Waals surface area (Å²) in [4.78, 5) is 55.0. The van der Waals surface area contributed by atoms with Crippen molar-refractivity contribution in [2.45, 2.75) is 115 Å². The van der Waals surface area contributed by atoms with Crippen LogP contribution in [0, 0.1) is 105 Å². The number of hydrogen-bond donors (Lipinski definition) is 5. The molecule has 64 heavy (non-hydrogen) atoms. The fourth-order valence-electron chi connectivity index (χ4n) is 4.08. The number of carbonyl (C=O) groups is 5. The molecular weight excluding hydrogens is 867 g/mol. The number of hydrogen-bond acceptors (Lipinski definition) is 11. The van der Waals surface area contributed by atoms with Crippen molar-refractivity contribution in [2.24, 2.45) is 17.8 Å². The zero-order valence-electron chi connectivity index (χ0n) is 40.2. The Bertz CT molecular complexity index is 1550. The van der Waals surface area contributed by atoms with E-state index in [1.807, 2.05) is 91.8 Å². The number of rotatable bonds is 10. The van der Waals surface area contributed by atoms with Gasteiger partial charge in [-0.1, -0.05) is 96.9 Å². The van der Waals surface area contributed by atoms with Crippen LogP contribution in [0.4, 0.5) is 0 Å². The fraction of sp³-hybridized carbons (Fsp3) is 0.429. The summed E-state index contributed by atoms with van der Waals surface area (Å²) in [5.41, 5.74) is 3.25. The Labute approximate surface area is 445 Å². The zero-order chi connectivity index (χ0) is 49.4. The van der Waals surface area contributed by atoms with Gasteiger partial charge < -0.3 is 25.4 Å². The molecular formula is C49H75Ar2BN2O10. The van der Waals surface area contributed by atoms with Crippen molar-refractivity contribution >= 4 is 36.3 Å². The van der Waals surface area contributed by atoms with E-state index in [2.05, 4.69) is 13.2 Å². The van der Waals surface area contributed by atoms with E-state index in [1.165, 1.54) is 18.9 Å². The molecule has 1 heterocycles. The number of imide groups is 1. The van der Waals surface area contributed by atoms with Crippen molar-refractivity contribution in [1.82, 2.24) is 4.90 Å². The molecule has 3 aromatic carbocycles. The Kier molecular flexibility index (Phi) is 57.6. The molecule has 2 amide bonds. The van der Waals surface area contributed by atoms with E-state index in [1.54, 1.807) is 69.3 Å². The summed E-state index contributed by atoms with van der Waals surface area (Å²) in [5, 5.41) is 50.0. The maximum atomic E-state index is 11.0. The molecule has 15 heteroatoms. The molecule has 3 atom stereocenters. The van der Waals surface area contributed by atoms with E-state index in [-0.39, 0.29) is 140 Å². The van der Waals surface area contributed by atoms with E-state index < -0.39 is 7.12 Å². The van der Waals surface area contributed by atoms with Gasteiger partial charge in [0.1, 0.15) is 34.6 Å². The van der Waals surface area contributed by atoms with Crippen LogP contribution in [0.3, 0.4) is 0 Å². The number of phenolic OH excluding ortho intramolecular Hbond substituents is 3. The number of nitrogens with zero attached hydrogens (tertiary/aromatic N) is 2. The molecule has 3 unspecified atom stereocenters. The quantitative estimate of drug-likeness (QED) is 0.0734. The van der Waals surface area contributed by atoms with Gasteiger partial charge in [-0.05, 0) is 100 Å². The van der Waals surface area contributed by atoms with E-state index in [0.717, 1.165) is 41.9 Å². The Morgan fingerprint density at radius 1 is 0.641 bits per heavy atom. The van der Waals surface area contributed by atoms with Gasteiger partial charge in [0, 0.05) is 120 Å². The summed E-state index contributed by atoms with van der Waals surface area (Å²) < 4.78 is 0. The predicted octanol–water partition coefficient (Wildman–Crippen LogP) is 9.20. The maximum absolute atomic E-state index is 11.0. The molecule has 1 saturated heterocycles. The first kappa shape index (κ1) is 75.0. The predicted molar refractivity (Wildman–Crippen MR) is 252 cm³/mol. The number of amides is 2. The van der Waals surface area contributed by atoms with Gasteiger partial charge in [0.2, 0.25) is 11.8 Å².